The van der Waals surface area contributed by atoms with Crippen molar-refractivity contribution in [2.75, 3.05) is 31.0 Å². The molecule has 0 radical (unpaired) electrons. The summed E-state index contributed by atoms with van der Waals surface area (Å²) in [6.07, 6.45) is -1.06. The normalized spacial score (nSPS) is 21.1. The molecular formula is C26H32N8O4S. The van der Waals surface area contributed by atoms with Crippen molar-refractivity contribution in [3.8, 4) is 0 Å². The van der Waals surface area contributed by atoms with Crippen LogP contribution in [0.5, 0.6) is 0 Å². The van der Waals surface area contributed by atoms with Gasteiger partial charge >= 0.3 is 0 Å². The van der Waals surface area contributed by atoms with Gasteiger partial charge in [-0.15, -0.1) is 0 Å². The fourth-order valence-corrected chi connectivity index (χ4v) is 5.60. The van der Waals surface area contributed by atoms with Gasteiger partial charge in [-0.1, -0.05) is 6.07 Å². The molecule has 2 saturated heterocycles. The number of carbonyl (C=O) groups excluding carboxylic acids is 2. The van der Waals surface area contributed by atoms with Gasteiger partial charge in [-0.2, -0.15) is 5.10 Å². The van der Waals surface area contributed by atoms with Crippen LogP contribution in [-0.2, 0) is 14.8 Å². The van der Waals surface area contributed by atoms with Crippen LogP contribution < -0.4 is 26.4 Å². The van der Waals surface area contributed by atoms with Gasteiger partial charge in [0.2, 0.25) is 15.9 Å². The van der Waals surface area contributed by atoms with Gasteiger partial charge in [0, 0.05) is 32.3 Å². The Morgan fingerprint density at radius 3 is 2.44 bits per heavy atom. The zero-order chi connectivity index (χ0) is 28.1. The molecule has 2 aliphatic rings. The number of aromatic nitrogens is 2. The third-order valence-electron chi connectivity index (χ3n) is 7.09. The molecule has 2 aromatic carbocycles. The number of rotatable bonds is 6. The smallest absolute Gasteiger partial charge is 0.256 e. The third kappa shape index (κ3) is 5.01. The van der Waals surface area contributed by atoms with Gasteiger partial charge in [0.05, 0.1) is 22.2 Å². The lowest BCUT2D eigenvalue weighted by Crippen LogP contribution is -2.61. The van der Waals surface area contributed by atoms with E-state index in [1.165, 1.54) is 48.6 Å². The molecule has 1 aromatic heterocycles. The number of hydrogen-bond donors (Lipinski definition) is 4. The highest BCUT2D eigenvalue weighted by Gasteiger charge is 2.45. The first-order valence-electron chi connectivity index (χ1n) is 12.5. The van der Waals surface area contributed by atoms with Crippen molar-refractivity contribution in [3.63, 3.8) is 0 Å². The fourth-order valence-electron chi connectivity index (χ4n) is 4.70. The predicted molar refractivity (Wildman–Crippen MR) is 146 cm³/mol. The Balaban J connectivity index is 1.37. The van der Waals surface area contributed by atoms with Crippen molar-refractivity contribution in [1.82, 2.24) is 30.1 Å². The lowest BCUT2D eigenvalue weighted by Gasteiger charge is -2.37. The van der Waals surface area contributed by atoms with Crippen molar-refractivity contribution >= 4 is 33.3 Å². The maximum atomic E-state index is 13.1. The van der Waals surface area contributed by atoms with E-state index in [0.29, 0.717) is 18.1 Å². The number of amides is 2. The number of hydrogen-bond acceptors (Lipinski definition) is 8. The molecule has 0 spiro atoms. The number of anilines is 2. The van der Waals surface area contributed by atoms with Gasteiger partial charge in [-0.25, -0.2) is 22.8 Å². The van der Waals surface area contributed by atoms with E-state index in [1.54, 1.807) is 13.0 Å². The Morgan fingerprint density at radius 1 is 1.05 bits per heavy atom. The average Bonchev–Trinajstić information content (AvgIpc) is 3.49. The van der Waals surface area contributed by atoms with E-state index in [9.17, 15) is 18.0 Å². The summed E-state index contributed by atoms with van der Waals surface area (Å²) >= 11 is 0. The fraction of sp³-hybridized carbons (Fsp3) is 0.346. The standard InChI is InChI=1S/C26H32N8O4S/c1-15-6-9-19(12-16(15)2)33-23-21(14-27-33)25(36)30-26(29-23)34-22(13-17(3)31-34)28-24(35)18-7-10-20(11-8-18)39(37,38)32(4)5/h6-13,21,23,26-27,29H,14H2,1-5H3,(H,28,35)(H,30,36). The Kier molecular flexibility index (Phi) is 6.93. The minimum Gasteiger partial charge on any atom is -0.321 e. The van der Waals surface area contributed by atoms with Crippen LogP contribution in [0.15, 0.2) is 53.4 Å². The van der Waals surface area contributed by atoms with Crippen molar-refractivity contribution < 1.29 is 18.0 Å². The molecule has 3 unspecified atom stereocenters. The highest BCUT2D eigenvalue weighted by atomic mass is 32.2. The second-order valence-electron chi connectivity index (χ2n) is 10.0. The first-order valence-corrected chi connectivity index (χ1v) is 14.0. The monoisotopic (exact) mass is 552 g/mol. The highest BCUT2D eigenvalue weighted by Crippen LogP contribution is 2.29. The maximum absolute atomic E-state index is 13.1. The molecular weight excluding hydrogens is 520 g/mol. The van der Waals surface area contributed by atoms with Crippen LogP contribution in [0.4, 0.5) is 11.5 Å². The first kappa shape index (κ1) is 26.8. The van der Waals surface area contributed by atoms with E-state index in [0.717, 1.165) is 15.6 Å². The highest BCUT2D eigenvalue weighted by molar-refractivity contribution is 7.89. The molecule has 4 N–H and O–H groups in total. The van der Waals surface area contributed by atoms with Gasteiger partial charge in [0.15, 0.2) is 6.29 Å². The zero-order valence-electron chi connectivity index (χ0n) is 22.4. The number of sulfonamides is 1. The van der Waals surface area contributed by atoms with Crippen LogP contribution in [0.25, 0.3) is 0 Å². The maximum Gasteiger partial charge on any atom is 0.256 e. The van der Waals surface area contributed by atoms with Crippen molar-refractivity contribution in [2.24, 2.45) is 5.92 Å². The summed E-state index contributed by atoms with van der Waals surface area (Å²) in [5.41, 5.74) is 7.52. The summed E-state index contributed by atoms with van der Waals surface area (Å²) in [6.45, 7) is 6.37. The second-order valence-corrected chi connectivity index (χ2v) is 12.2. The minimum atomic E-state index is -3.61. The molecule has 3 heterocycles. The molecule has 3 aromatic rings. The molecule has 3 atom stereocenters. The topological polar surface area (TPSA) is 141 Å². The van der Waals surface area contributed by atoms with Gasteiger partial charge in [0.25, 0.3) is 5.91 Å². The summed E-state index contributed by atoms with van der Waals surface area (Å²) in [4.78, 5) is 26.2. The molecule has 0 saturated carbocycles. The molecule has 206 valence electrons. The Bertz CT molecular complexity index is 1530. The molecule has 0 aliphatic carbocycles. The summed E-state index contributed by atoms with van der Waals surface area (Å²) in [6, 6.07) is 13.5. The van der Waals surface area contributed by atoms with Crippen LogP contribution in [0.1, 0.15) is 33.5 Å². The molecule has 5 rings (SSSR count). The molecule has 0 bridgehead atoms. The van der Waals surface area contributed by atoms with Crippen LogP contribution in [0, 0.1) is 26.7 Å². The molecule has 13 heteroatoms. The molecule has 2 fully saturated rings. The second kappa shape index (κ2) is 10.1. The van der Waals surface area contributed by atoms with Gasteiger partial charge in [0.1, 0.15) is 12.0 Å². The number of fused-ring (bicyclic) bond motifs is 1. The minimum absolute atomic E-state index is 0.0899. The van der Waals surface area contributed by atoms with Crippen LogP contribution in [0.2, 0.25) is 0 Å². The number of hydrazine groups is 1. The number of aryl methyl sites for hydroxylation is 3. The largest absolute Gasteiger partial charge is 0.321 e. The quantitative estimate of drug-likeness (QED) is 0.360. The summed E-state index contributed by atoms with van der Waals surface area (Å²) < 4.78 is 27.3. The lowest BCUT2D eigenvalue weighted by atomic mass is 10.0. The van der Waals surface area contributed by atoms with Gasteiger partial charge in [-0.05, 0) is 68.3 Å². The SMILES string of the molecule is Cc1cc(NC(=O)c2ccc(S(=O)(=O)N(C)C)cc2)n(C2NC(=O)C3CNN(c4ccc(C)c(C)c4)C3N2)n1. The first-order chi connectivity index (χ1) is 18.5. The van der Waals surface area contributed by atoms with E-state index >= 15 is 0 Å². The Labute approximate surface area is 227 Å². The molecule has 2 amide bonds. The Morgan fingerprint density at radius 2 is 1.77 bits per heavy atom. The Hall–Kier alpha value is -3.78. The van der Waals surface area contributed by atoms with E-state index in [1.807, 2.05) is 24.1 Å². The van der Waals surface area contributed by atoms with Crippen molar-refractivity contribution in [2.45, 2.75) is 38.1 Å². The van der Waals surface area contributed by atoms with Crippen LogP contribution >= 0.6 is 0 Å². The molecule has 12 nitrogen and oxygen atoms in total. The molecule has 2 aliphatic heterocycles. The van der Waals surface area contributed by atoms with E-state index in [-0.39, 0.29) is 28.4 Å². The van der Waals surface area contributed by atoms with Gasteiger partial charge < -0.3 is 10.6 Å². The van der Waals surface area contributed by atoms with E-state index in [2.05, 4.69) is 39.5 Å². The summed E-state index contributed by atoms with van der Waals surface area (Å²) in [5.74, 6) is -0.521. The van der Waals surface area contributed by atoms with E-state index < -0.39 is 22.2 Å². The van der Waals surface area contributed by atoms with Gasteiger partial charge in [-0.3, -0.25) is 19.9 Å². The van der Waals surface area contributed by atoms with Crippen molar-refractivity contribution in [1.29, 1.82) is 0 Å². The number of carbonyl (C=O) groups is 2. The third-order valence-corrected chi connectivity index (χ3v) is 8.92. The molecule has 39 heavy (non-hydrogen) atoms. The summed E-state index contributed by atoms with van der Waals surface area (Å²) in [7, 11) is -0.714. The zero-order valence-corrected chi connectivity index (χ0v) is 23.2. The van der Waals surface area contributed by atoms with Crippen LogP contribution in [0.3, 0.4) is 0 Å². The number of benzene rings is 2. The van der Waals surface area contributed by atoms with E-state index in [4.69, 9.17) is 0 Å². The number of nitrogens with zero attached hydrogens (tertiary/aromatic N) is 4. The van der Waals surface area contributed by atoms with Crippen molar-refractivity contribution in [3.05, 3.63) is 70.9 Å². The lowest BCUT2D eigenvalue weighted by molar-refractivity contribution is -0.129. The van der Waals surface area contributed by atoms with Crippen LogP contribution in [-0.4, -0.2) is 61.1 Å². The summed E-state index contributed by atoms with van der Waals surface area (Å²) in [5, 5.41) is 15.7. The predicted octanol–water partition coefficient (Wildman–Crippen LogP) is 1.45. The number of nitrogens with one attached hydrogen (secondary N) is 4. The average molecular weight is 553 g/mol.